The molecule has 0 radical (unpaired) electrons. The van der Waals surface area contributed by atoms with Gasteiger partial charge in [-0.15, -0.1) is 11.8 Å². The smallest absolute Gasteiger partial charge is 0.306 e. The topological polar surface area (TPSA) is 46.6 Å². The van der Waals surface area contributed by atoms with Crippen molar-refractivity contribution in [1.29, 1.82) is 0 Å². The van der Waals surface area contributed by atoms with Crippen molar-refractivity contribution in [1.82, 2.24) is 0 Å². The first-order chi connectivity index (χ1) is 11.2. The largest absolute Gasteiger partial charge is 0.469 e. The van der Waals surface area contributed by atoms with Gasteiger partial charge >= 0.3 is 5.97 Å². The number of fused-ring (bicyclic) bond motifs is 1. The summed E-state index contributed by atoms with van der Waals surface area (Å²) in [5, 5.41) is -0.120. The molecule has 1 aliphatic heterocycles. The number of benzene rings is 2. The van der Waals surface area contributed by atoms with Gasteiger partial charge in [0, 0.05) is 17.0 Å². The Balaban J connectivity index is 1.88. The van der Waals surface area contributed by atoms with Crippen LogP contribution in [0.1, 0.15) is 27.7 Å². The number of hydrogen-bond acceptors (Lipinski definition) is 4. The summed E-state index contributed by atoms with van der Waals surface area (Å²) in [7, 11) is 1.39. The number of thioether (sulfide) groups is 1. The van der Waals surface area contributed by atoms with E-state index in [-0.39, 0.29) is 17.3 Å². The van der Waals surface area contributed by atoms with Gasteiger partial charge in [0.15, 0.2) is 0 Å². The number of anilines is 1. The zero-order chi connectivity index (χ0) is 16.2. The average molecular weight is 327 g/mol. The second-order valence-corrected chi connectivity index (χ2v) is 6.34. The zero-order valence-corrected chi connectivity index (χ0v) is 13.6. The predicted octanol–water partition coefficient (Wildman–Crippen LogP) is 3.64. The van der Waals surface area contributed by atoms with Crippen molar-refractivity contribution in [3.63, 3.8) is 0 Å². The third-order valence-electron chi connectivity index (χ3n) is 3.75. The highest BCUT2D eigenvalue weighted by Crippen LogP contribution is 2.44. The van der Waals surface area contributed by atoms with Crippen molar-refractivity contribution in [3.8, 4) is 0 Å². The van der Waals surface area contributed by atoms with Gasteiger partial charge < -0.3 is 4.74 Å². The number of amides is 1. The predicted molar refractivity (Wildman–Crippen MR) is 91.5 cm³/mol. The lowest BCUT2D eigenvalue weighted by Gasteiger charge is -2.25. The number of hydrogen-bond donors (Lipinski definition) is 0. The van der Waals surface area contributed by atoms with Gasteiger partial charge in [-0.1, -0.05) is 36.4 Å². The SMILES string of the molecule is COC(=O)CCSC1c2ccccc2C(=O)N1c1ccccc1. The molecule has 118 valence electrons. The van der Waals surface area contributed by atoms with Gasteiger partial charge in [-0.2, -0.15) is 0 Å². The average Bonchev–Trinajstić information content (AvgIpc) is 2.88. The summed E-state index contributed by atoms with van der Waals surface area (Å²) in [6.07, 6.45) is 0.330. The van der Waals surface area contributed by atoms with E-state index in [4.69, 9.17) is 0 Å². The molecule has 2 aromatic rings. The van der Waals surface area contributed by atoms with Crippen LogP contribution < -0.4 is 4.90 Å². The molecule has 5 heteroatoms. The van der Waals surface area contributed by atoms with Crippen molar-refractivity contribution < 1.29 is 14.3 Å². The van der Waals surface area contributed by atoms with Crippen LogP contribution in [0.25, 0.3) is 0 Å². The van der Waals surface area contributed by atoms with E-state index in [1.165, 1.54) is 7.11 Å². The Morgan fingerprint density at radius 1 is 1.13 bits per heavy atom. The van der Waals surface area contributed by atoms with Crippen molar-refractivity contribution in [3.05, 3.63) is 65.7 Å². The molecule has 0 N–H and O–H groups in total. The van der Waals surface area contributed by atoms with Gasteiger partial charge in [0.1, 0.15) is 5.37 Å². The third-order valence-corrected chi connectivity index (χ3v) is 4.97. The quantitative estimate of drug-likeness (QED) is 0.787. The fraction of sp³-hybridized carbons (Fsp3) is 0.222. The molecule has 1 atom stereocenters. The monoisotopic (exact) mass is 327 g/mol. The highest BCUT2D eigenvalue weighted by atomic mass is 32.2. The molecule has 0 aromatic heterocycles. The lowest BCUT2D eigenvalue weighted by Crippen LogP contribution is -2.26. The fourth-order valence-electron chi connectivity index (χ4n) is 2.64. The Kier molecular flexibility index (Phi) is 4.67. The van der Waals surface area contributed by atoms with E-state index in [0.29, 0.717) is 12.2 Å². The number of carbonyl (C=O) groups excluding carboxylic acids is 2. The van der Waals surface area contributed by atoms with Crippen LogP contribution >= 0.6 is 11.8 Å². The number of methoxy groups -OCH3 is 1. The minimum Gasteiger partial charge on any atom is -0.469 e. The molecule has 1 aliphatic rings. The van der Waals surface area contributed by atoms with E-state index < -0.39 is 0 Å². The number of ether oxygens (including phenoxy) is 1. The highest BCUT2D eigenvalue weighted by molar-refractivity contribution is 7.99. The van der Waals surface area contributed by atoms with Gasteiger partial charge in [0.05, 0.1) is 13.5 Å². The summed E-state index contributed by atoms with van der Waals surface area (Å²) in [5.74, 6) is 0.367. The van der Waals surface area contributed by atoms with Crippen LogP contribution in [-0.4, -0.2) is 24.7 Å². The summed E-state index contributed by atoms with van der Waals surface area (Å²) in [5.41, 5.74) is 2.59. The number of carbonyl (C=O) groups is 2. The maximum Gasteiger partial charge on any atom is 0.306 e. The molecule has 0 aliphatic carbocycles. The van der Waals surface area contributed by atoms with Crippen LogP contribution in [0.2, 0.25) is 0 Å². The summed E-state index contributed by atoms with van der Waals surface area (Å²) < 4.78 is 4.68. The van der Waals surface area contributed by atoms with E-state index in [2.05, 4.69) is 4.74 Å². The summed E-state index contributed by atoms with van der Waals surface area (Å²) in [6, 6.07) is 17.3. The summed E-state index contributed by atoms with van der Waals surface area (Å²) in [4.78, 5) is 25.9. The molecule has 1 heterocycles. The molecule has 3 rings (SSSR count). The van der Waals surface area contributed by atoms with Crippen molar-refractivity contribution in [2.45, 2.75) is 11.8 Å². The molecule has 0 bridgehead atoms. The summed E-state index contributed by atoms with van der Waals surface area (Å²) in [6.45, 7) is 0. The molecular weight excluding hydrogens is 310 g/mol. The molecule has 2 aromatic carbocycles. The highest BCUT2D eigenvalue weighted by Gasteiger charge is 2.37. The molecule has 0 fully saturated rings. The third kappa shape index (κ3) is 3.10. The van der Waals surface area contributed by atoms with E-state index in [0.717, 1.165) is 16.8 Å². The maximum absolute atomic E-state index is 12.8. The van der Waals surface area contributed by atoms with Crippen molar-refractivity contribution in [2.75, 3.05) is 17.8 Å². The van der Waals surface area contributed by atoms with Crippen LogP contribution in [-0.2, 0) is 9.53 Å². The van der Waals surface area contributed by atoms with Crippen LogP contribution in [0.3, 0.4) is 0 Å². The molecule has 4 nitrogen and oxygen atoms in total. The van der Waals surface area contributed by atoms with Gasteiger partial charge in [-0.05, 0) is 23.8 Å². The van der Waals surface area contributed by atoms with Crippen LogP contribution in [0, 0.1) is 0 Å². The zero-order valence-electron chi connectivity index (χ0n) is 12.8. The van der Waals surface area contributed by atoms with Gasteiger partial charge in [-0.25, -0.2) is 0 Å². The van der Waals surface area contributed by atoms with Crippen molar-refractivity contribution >= 4 is 29.3 Å². The Morgan fingerprint density at radius 2 is 1.83 bits per heavy atom. The molecule has 0 saturated carbocycles. The van der Waals surface area contributed by atoms with Crippen LogP contribution in [0.5, 0.6) is 0 Å². The number of rotatable bonds is 5. The standard InChI is InChI=1S/C18H17NO3S/c1-22-16(20)11-12-23-18-15-10-6-5-9-14(15)17(21)19(18)13-7-3-2-4-8-13/h2-10,18H,11-12H2,1H3. The van der Waals surface area contributed by atoms with Crippen LogP contribution in [0.15, 0.2) is 54.6 Å². The molecule has 1 amide bonds. The molecule has 23 heavy (non-hydrogen) atoms. The Bertz CT molecular complexity index is 717. The number of esters is 1. The van der Waals surface area contributed by atoms with Gasteiger partial charge in [0.25, 0.3) is 5.91 Å². The van der Waals surface area contributed by atoms with Gasteiger partial charge in [-0.3, -0.25) is 14.5 Å². The van der Waals surface area contributed by atoms with E-state index >= 15 is 0 Å². The molecule has 0 saturated heterocycles. The second kappa shape index (κ2) is 6.87. The van der Waals surface area contributed by atoms with E-state index in [1.807, 2.05) is 54.6 Å². The van der Waals surface area contributed by atoms with Crippen LogP contribution in [0.4, 0.5) is 5.69 Å². The minimum atomic E-state index is -0.235. The van der Waals surface area contributed by atoms with E-state index in [1.54, 1.807) is 16.7 Å². The maximum atomic E-state index is 12.8. The Hall–Kier alpha value is -2.27. The first kappa shape index (κ1) is 15.6. The van der Waals surface area contributed by atoms with E-state index in [9.17, 15) is 9.59 Å². The number of para-hydroxylation sites is 1. The Morgan fingerprint density at radius 3 is 2.57 bits per heavy atom. The summed E-state index contributed by atoms with van der Waals surface area (Å²) >= 11 is 1.58. The lowest BCUT2D eigenvalue weighted by molar-refractivity contribution is -0.140. The Labute approximate surface area is 139 Å². The lowest BCUT2D eigenvalue weighted by atomic mass is 10.1. The number of nitrogens with zero attached hydrogens (tertiary/aromatic N) is 1. The molecule has 1 unspecified atom stereocenters. The fourth-order valence-corrected chi connectivity index (χ4v) is 3.90. The first-order valence-corrected chi connectivity index (χ1v) is 8.43. The molecule has 0 spiro atoms. The second-order valence-electron chi connectivity index (χ2n) is 5.15. The van der Waals surface area contributed by atoms with Crippen molar-refractivity contribution in [2.24, 2.45) is 0 Å². The first-order valence-electron chi connectivity index (χ1n) is 7.38. The normalized spacial score (nSPS) is 16.3. The van der Waals surface area contributed by atoms with Gasteiger partial charge in [0.2, 0.25) is 0 Å². The minimum absolute atomic E-state index is 0.00219. The molecular formula is C18H17NO3S.